The van der Waals surface area contributed by atoms with Gasteiger partial charge in [-0.2, -0.15) is 0 Å². The Morgan fingerprint density at radius 1 is 1.35 bits per heavy atom. The summed E-state index contributed by atoms with van der Waals surface area (Å²) < 4.78 is 0.968. The first kappa shape index (κ1) is 15.9. The summed E-state index contributed by atoms with van der Waals surface area (Å²) in [7, 11) is 2.97. The Morgan fingerprint density at radius 3 is 2.24 bits per heavy atom. The molecule has 0 saturated heterocycles. The number of rotatable bonds is 2. The topological polar surface area (TPSA) is 41.6 Å². The van der Waals surface area contributed by atoms with Crippen molar-refractivity contribution >= 4 is 27.6 Å². The van der Waals surface area contributed by atoms with E-state index in [1.54, 1.807) is 12.1 Å². The molecule has 0 unspecified atom stereocenters. The van der Waals surface area contributed by atoms with Gasteiger partial charge in [0.1, 0.15) is 0 Å². The van der Waals surface area contributed by atoms with Gasteiger partial charge >= 0.3 is 6.03 Å². The lowest BCUT2D eigenvalue weighted by molar-refractivity contribution is -0.0598. The zero-order chi connectivity index (χ0) is 13.3. The molecule has 4 nitrogen and oxygen atoms in total. The average Bonchev–Trinajstić information content (AvgIpc) is 2.32. The number of hydrogen-bond acceptors (Lipinski definition) is 2. The van der Waals surface area contributed by atoms with Crippen molar-refractivity contribution in [3.63, 3.8) is 0 Å². The molecular weight excluding hydrogens is 284 g/mol. The number of halogens is 1. The van der Waals surface area contributed by atoms with Crippen LogP contribution >= 0.6 is 15.9 Å². The second kappa shape index (κ2) is 9.01. The van der Waals surface area contributed by atoms with Gasteiger partial charge in [-0.05, 0) is 24.3 Å². The molecule has 0 spiro atoms. The van der Waals surface area contributed by atoms with Gasteiger partial charge in [0.15, 0.2) is 0 Å². The molecule has 0 bridgehead atoms. The van der Waals surface area contributed by atoms with Crippen LogP contribution < -0.4 is 5.32 Å². The van der Waals surface area contributed by atoms with Gasteiger partial charge in [0.05, 0.1) is 7.11 Å². The number of urea groups is 1. The Morgan fingerprint density at radius 2 is 1.82 bits per heavy atom. The smallest absolute Gasteiger partial charge is 0.306 e. The minimum atomic E-state index is -0.310. The van der Waals surface area contributed by atoms with Gasteiger partial charge in [-0.1, -0.05) is 36.2 Å². The van der Waals surface area contributed by atoms with Gasteiger partial charge in [-0.25, -0.2) is 9.86 Å². The van der Waals surface area contributed by atoms with Gasteiger partial charge in [-0.15, -0.1) is 0 Å². The summed E-state index contributed by atoms with van der Waals surface area (Å²) in [6, 6.07) is 6.98. The summed E-state index contributed by atoms with van der Waals surface area (Å²) >= 11 is 3.31. The second-order valence-corrected chi connectivity index (χ2v) is 4.24. The zero-order valence-corrected chi connectivity index (χ0v) is 12.2. The van der Waals surface area contributed by atoms with E-state index in [2.05, 4.69) is 35.1 Å². The second-order valence-electron chi connectivity index (χ2n) is 3.32. The lowest BCUT2D eigenvalue weighted by atomic mass is 10.3. The molecule has 0 fully saturated rings. The first-order valence-corrected chi connectivity index (χ1v) is 6.18. The summed E-state index contributed by atoms with van der Waals surface area (Å²) in [6.45, 7) is 4.25. The van der Waals surface area contributed by atoms with E-state index in [1.807, 2.05) is 12.1 Å². The van der Waals surface area contributed by atoms with Crippen LogP contribution in [-0.2, 0) is 4.84 Å². The molecule has 0 saturated carbocycles. The normalized spacial score (nSPS) is 9.00. The number of carbonyl (C=O) groups excluding carboxylic acids is 1. The highest BCUT2D eigenvalue weighted by atomic mass is 79.9. The van der Waals surface area contributed by atoms with Crippen molar-refractivity contribution in [1.29, 1.82) is 0 Å². The van der Waals surface area contributed by atoms with Crippen molar-refractivity contribution in [1.82, 2.24) is 5.06 Å². The molecule has 1 aromatic rings. The molecule has 1 aromatic carbocycles. The van der Waals surface area contributed by atoms with Crippen LogP contribution in [0.3, 0.4) is 0 Å². The third kappa shape index (κ3) is 6.97. The predicted octanol–water partition coefficient (Wildman–Crippen LogP) is 3.89. The molecule has 0 aliphatic carbocycles. The molecule has 96 valence electrons. The standard InChI is InChI=1S/C9H11BrN2O2.C3H8/c1-12(14-2)9(13)11-8-5-3-7(10)4-6-8;1-3-2/h3-6H,1-2H3,(H,11,13);3H2,1-2H3. The monoisotopic (exact) mass is 302 g/mol. The maximum atomic E-state index is 11.3. The Kier molecular flexibility index (Phi) is 8.44. The minimum absolute atomic E-state index is 0.310. The highest BCUT2D eigenvalue weighted by Crippen LogP contribution is 2.14. The van der Waals surface area contributed by atoms with Gasteiger partial charge < -0.3 is 5.32 Å². The van der Waals surface area contributed by atoms with Gasteiger partial charge in [0.2, 0.25) is 0 Å². The highest BCUT2D eigenvalue weighted by Gasteiger charge is 2.06. The molecule has 0 aromatic heterocycles. The number of carbonyl (C=O) groups is 1. The maximum absolute atomic E-state index is 11.3. The molecule has 1 N–H and O–H groups in total. The third-order valence-electron chi connectivity index (χ3n) is 1.66. The van der Waals surface area contributed by atoms with Crippen molar-refractivity contribution in [3.05, 3.63) is 28.7 Å². The summed E-state index contributed by atoms with van der Waals surface area (Å²) in [5, 5.41) is 3.77. The van der Waals surface area contributed by atoms with Gasteiger partial charge in [0, 0.05) is 17.2 Å². The largest absolute Gasteiger partial charge is 0.345 e. The zero-order valence-electron chi connectivity index (χ0n) is 10.7. The minimum Gasteiger partial charge on any atom is -0.306 e. The Bertz CT molecular complexity index is 328. The van der Waals surface area contributed by atoms with Gasteiger partial charge in [-0.3, -0.25) is 4.84 Å². The van der Waals surface area contributed by atoms with E-state index in [0.29, 0.717) is 0 Å². The molecule has 1 rings (SSSR count). The van der Waals surface area contributed by atoms with Crippen LogP contribution in [0.5, 0.6) is 0 Å². The van der Waals surface area contributed by atoms with Crippen LogP contribution in [0.1, 0.15) is 20.3 Å². The average molecular weight is 303 g/mol. The maximum Gasteiger partial charge on any atom is 0.345 e. The van der Waals surface area contributed by atoms with Crippen LogP contribution in [0.15, 0.2) is 28.7 Å². The van der Waals surface area contributed by atoms with Crippen LogP contribution in [0.25, 0.3) is 0 Å². The predicted molar refractivity (Wildman–Crippen MR) is 73.9 cm³/mol. The van der Waals surface area contributed by atoms with Crippen molar-refractivity contribution in [2.45, 2.75) is 20.3 Å². The number of nitrogens with zero attached hydrogens (tertiary/aromatic N) is 1. The lowest BCUT2D eigenvalue weighted by Crippen LogP contribution is -2.30. The summed E-state index contributed by atoms with van der Waals surface area (Å²) in [6.07, 6.45) is 1.25. The lowest BCUT2D eigenvalue weighted by Gasteiger charge is -2.14. The molecular formula is C12H19BrN2O2. The number of hydrogen-bond donors (Lipinski definition) is 1. The van der Waals surface area contributed by atoms with Crippen molar-refractivity contribution in [2.75, 3.05) is 19.5 Å². The van der Waals surface area contributed by atoms with E-state index in [9.17, 15) is 4.79 Å². The molecule has 0 atom stereocenters. The van der Waals surface area contributed by atoms with Crippen molar-refractivity contribution < 1.29 is 9.63 Å². The third-order valence-corrected chi connectivity index (χ3v) is 2.18. The van der Waals surface area contributed by atoms with E-state index in [4.69, 9.17) is 4.84 Å². The Balaban J connectivity index is 0.000000770. The highest BCUT2D eigenvalue weighted by molar-refractivity contribution is 9.10. The van der Waals surface area contributed by atoms with Crippen LogP contribution in [0, 0.1) is 0 Å². The van der Waals surface area contributed by atoms with Crippen LogP contribution in [-0.4, -0.2) is 25.3 Å². The molecule has 0 aliphatic rings. The van der Waals surface area contributed by atoms with Crippen LogP contribution in [0.2, 0.25) is 0 Å². The summed E-state index contributed by atoms with van der Waals surface area (Å²) in [5.41, 5.74) is 0.724. The molecule has 17 heavy (non-hydrogen) atoms. The van der Waals surface area contributed by atoms with Crippen molar-refractivity contribution in [2.24, 2.45) is 0 Å². The van der Waals surface area contributed by atoms with E-state index >= 15 is 0 Å². The van der Waals surface area contributed by atoms with E-state index in [0.717, 1.165) is 15.2 Å². The fourth-order valence-electron chi connectivity index (χ4n) is 0.818. The first-order chi connectivity index (χ1) is 8.04. The van der Waals surface area contributed by atoms with Gasteiger partial charge in [0.25, 0.3) is 0 Å². The number of hydroxylamine groups is 2. The number of nitrogens with one attached hydrogen (secondary N) is 1. The number of anilines is 1. The van der Waals surface area contributed by atoms with Crippen molar-refractivity contribution in [3.8, 4) is 0 Å². The molecule has 2 amide bonds. The fourth-order valence-corrected chi connectivity index (χ4v) is 1.08. The number of benzene rings is 1. The molecule has 0 heterocycles. The van der Waals surface area contributed by atoms with E-state index in [-0.39, 0.29) is 6.03 Å². The van der Waals surface area contributed by atoms with Crippen LogP contribution in [0.4, 0.5) is 10.5 Å². The molecule has 0 aliphatic heterocycles. The summed E-state index contributed by atoms with van der Waals surface area (Å²) in [5.74, 6) is 0. The molecule has 0 radical (unpaired) electrons. The van der Waals surface area contributed by atoms with E-state index < -0.39 is 0 Å². The Labute approximate surface area is 111 Å². The first-order valence-electron chi connectivity index (χ1n) is 5.39. The Hall–Kier alpha value is -1.07. The number of amides is 2. The fraction of sp³-hybridized carbons (Fsp3) is 0.417. The van der Waals surface area contributed by atoms with E-state index in [1.165, 1.54) is 20.6 Å². The quantitative estimate of drug-likeness (QED) is 0.842. The molecule has 5 heteroatoms. The summed E-state index contributed by atoms with van der Waals surface area (Å²) in [4.78, 5) is 16.0. The SMILES string of the molecule is CCC.CON(C)C(=O)Nc1ccc(Br)cc1.